The Kier molecular flexibility index (Phi) is 14.0. The van der Waals surface area contributed by atoms with Crippen LogP contribution in [-0.4, -0.2) is 52.9 Å². The zero-order valence-corrected chi connectivity index (χ0v) is 26.8. The minimum atomic E-state index is -1.91. The van der Waals surface area contributed by atoms with Gasteiger partial charge in [-0.1, -0.05) is 45.8 Å². The molecule has 2 heterocycles. The molecule has 0 N–H and O–H groups in total. The summed E-state index contributed by atoms with van der Waals surface area (Å²) in [6.07, 6.45) is 26.2. The Hall–Kier alpha value is -0.683. The normalized spacial score (nSPS) is 30.6. The summed E-state index contributed by atoms with van der Waals surface area (Å²) in [6.45, 7) is 14.2. The summed E-state index contributed by atoms with van der Waals surface area (Å²) in [4.78, 5) is 0. The van der Waals surface area contributed by atoms with Gasteiger partial charge in [0.15, 0.2) is 20.9 Å². The number of allylic oxidation sites excluding steroid dienone is 1. The Balaban J connectivity index is 1.53. The zero-order valence-electron chi connectivity index (χ0n) is 25.8. The van der Waals surface area contributed by atoms with E-state index in [9.17, 15) is 0 Å². The monoisotopic (exact) mass is 562 g/mol. The summed E-state index contributed by atoms with van der Waals surface area (Å²) in [5, 5.41) is 0.175. The van der Waals surface area contributed by atoms with Gasteiger partial charge in [-0.2, -0.15) is 0 Å². The van der Waals surface area contributed by atoms with Gasteiger partial charge in [-0.15, -0.1) is 12.3 Å². The summed E-state index contributed by atoms with van der Waals surface area (Å²) < 4.78 is 31.2. The lowest BCUT2D eigenvalue weighted by Crippen LogP contribution is -2.45. The van der Waals surface area contributed by atoms with Crippen LogP contribution in [-0.2, 0) is 23.4 Å². The van der Waals surface area contributed by atoms with Crippen molar-refractivity contribution in [1.29, 1.82) is 0 Å². The molecule has 0 aromatic carbocycles. The predicted molar refractivity (Wildman–Crippen MR) is 162 cm³/mol. The topological polar surface area (TPSA) is 46.2 Å². The smallest absolute Gasteiger partial charge is 0.192 e. The average molecular weight is 563 g/mol. The Morgan fingerprint density at radius 2 is 1.62 bits per heavy atom. The first-order valence-electron chi connectivity index (χ1n) is 16.0. The highest BCUT2D eigenvalue weighted by Crippen LogP contribution is 2.46. The Labute approximate surface area is 241 Å². The van der Waals surface area contributed by atoms with E-state index >= 15 is 0 Å². The molecule has 1 saturated carbocycles. The van der Waals surface area contributed by atoms with E-state index in [4.69, 9.17) is 29.8 Å². The van der Waals surface area contributed by atoms with Crippen LogP contribution in [0.2, 0.25) is 18.1 Å². The molecule has 39 heavy (non-hydrogen) atoms. The van der Waals surface area contributed by atoms with Crippen LogP contribution in [0.3, 0.4) is 0 Å². The molecule has 3 rings (SSSR count). The second-order valence-corrected chi connectivity index (χ2v) is 18.2. The van der Waals surface area contributed by atoms with Crippen LogP contribution in [0.1, 0.15) is 111 Å². The SMILES string of the molecule is C#CCC[C@@H]1[C@@H](/C=C/CCCCCCOC2CCCCO2)[C@H](OC2CCCCO2)C[C@@H]1O[Si](C)(C)C(C)(C)C. The zero-order chi connectivity index (χ0) is 28.1. The Morgan fingerprint density at radius 1 is 0.923 bits per heavy atom. The first kappa shape index (κ1) is 32.8. The molecule has 0 amide bonds. The fourth-order valence-electron chi connectivity index (χ4n) is 5.86. The number of hydrogen-bond donors (Lipinski definition) is 0. The average Bonchev–Trinajstić information content (AvgIpc) is 3.21. The quantitative estimate of drug-likeness (QED) is 0.0868. The van der Waals surface area contributed by atoms with E-state index in [0.29, 0.717) is 11.8 Å². The van der Waals surface area contributed by atoms with Crippen molar-refractivity contribution >= 4 is 8.32 Å². The van der Waals surface area contributed by atoms with Gasteiger partial charge in [-0.05, 0) is 94.7 Å². The number of ether oxygens (including phenoxy) is 4. The lowest BCUT2D eigenvalue weighted by atomic mass is 9.89. The first-order chi connectivity index (χ1) is 18.7. The fraction of sp³-hybridized carbons (Fsp3) is 0.879. The summed E-state index contributed by atoms with van der Waals surface area (Å²) >= 11 is 0. The molecule has 2 saturated heterocycles. The van der Waals surface area contributed by atoms with Crippen molar-refractivity contribution in [3.05, 3.63) is 12.2 Å². The molecule has 0 spiro atoms. The second kappa shape index (κ2) is 16.7. The first-order valence-corrected chi connectivity index (χ1v) is 18.9. The molecule has 2 aliphatic heterocycles. The van der Waals surface area contributed by atoms with Crippen LogP contribution in [0.4, 0.5) is 0 Å². The van der Waals surface area contributed by atoms with E-state index in [1.807, 2.05) is 0 Å². The maximum atomic E-state index is 7.04. The highest BCUT2D eigenvalue weighted by molar-refractivity contribution is 6.74. The van der Waals surface area contributed by atoms with Crippen LogP contribution in [0.25, 0.3) is 0 Å². The van der Waals surface area contributed by atoms with E-state index in [1.54, 1.807) is 0 Å². The van der Waals surface area contributed by atoms with Gasteiger partial charge >= 0.3 is 0 Å². The highest BCUT2D eigenvalue weighted by Gasteiger charge is 2.48. The van der Waals surface area contributed by atoms with Crippen molar-refractivity contribution in [2.45, 2.75) is 154 Å². The van der Waals surface area contributed by atoms with Gasteiger partial charge < -0.3 is 23.4 Å². The van der Waals surface area contributed by atoms with E-state index in [0.717, 1.165) is 71.2 Å². The minimum Gasteiger partial charge on any atom is -0.414 e. The molecule has 1 aliphatic carbocycles. The molecule has 6 atom stereocenters. The second-order valence-electron chi connectivity index (χ2n) is 13.4. The third kappa shape index (κ3) is 10.9. The molecule has 6 heteroatoms. The summed E-state index contributed by atoms with van der Waals surface area (Å²) in [5.41, 5.74) is 0. The standard InChI is InChI=1S/C33H58O5Si/c1-7-8-19-28-27(20-13-11-9-10-12-16-23-34-31-21-14-17-24-35-31)29(37-32-22-15-18-25-36-32)26-30(28)38-39(5,6)33(2,3)4/h1,13,20,27-32H,8-12,14-19,21-26H2,2-6H3/b20-13+/t27-,28-,29-,30+,31?,32?/m1/s1. The fourth-order valence-corrected chi connectivity index (χ4v) is 7.24. The van der Waals surface area contributed by atoms with Gasteiger partial charge in [0.25, 0.3) is 0 Å². The number of rotatable bonds is 15. The number of hydrogen-bond acceptors (Lipinski definition) is 5. The van der Waals surface area contributed by atoms with Crippen molar-refractivity contribution in [2.24, 2.45) is 11.8 Å². The van der Waals surface area contributed by atoms with Gasteiger partial charge in [0.1, 0.15) is 0 Å². The third-order valence-electron chi connectivity index (χ3n) is 9.27. The van der Waals surface area contributed by atoms with E-state index in [-0.39, 0.29) is 29.8 Å². The largest absolute Gasteiger partial charge is 0.414 e. The van der Waals surface area contributed by atoms with Crippen LogP contribution in [0.15, 0.2) is 12.2 Å². The van der Waals surface area contributed by atoms with Gasteiger partial charge in [-0.25, -0.2) is 0 Å². The molecule has 0 aromatic rings. The van der Waals surface area contributed by atoms with Gasteiger partial charge in [-0.3, -0.25) is 0 Å². The van der Waals surface area contributed by atoms with Crippen molar-refractivity contribution in [3.8, 4) is 12.3 Å². The van der Waals surface area contributed by atoms with Crippen LogP contribution < -0.4 is 0 Å². The molecule has 3 fully saturated rings. The predicted octanol–water partition coefficient (Wildman–Crippen LogP) is 8.39. The molecular weight excluding hydrogens is 504 g/mol. The summed E-state index contributed by atoms with van der Waals surface area (Å²) in [5.74, 6) is 3.60. The van der Waals surface area contributed by atoms with Crippen LogP contribution in [0.5, 0.6) is 0 Å². The molecule has 5 nitrogen and oxygen atoms in total. The van der Waals surface area contributed by atoms with Gasteiger partial charge in [0, 0.05) is 32.2 Å². The molecule has 2 unspecified atom stereocenters. The van der Waals surface area contributed by atoms with E-state index < -0.39 is 8.32 Å². The molecule has 224 valence electrons. The van der Waals surface area contributed by atoms with Gasteiger partial charge in [0.05, 0.1) is 12.2 Å². The number of unbranched alkanes of at least 4 members (excludes halogenated alkanes) is 4. The third-order valence-corrected chi connectivity index (χ3v) is 13.8. The summed E-state index contributed by atoms with van der Waals surface area (Å²) in [6, 6.07) is 0. The van der Waals surface area contributed by atoms with Crippen LogP contribution in [0, 0.1) is 24.2 Å². The lowest BCUT2D eigenvalue weighted by molar-refractivity contribution is -0.193. The molecule has 0 bridgehead atoms. The van der Waals surface area contributed by atoms with Crippen LogP contribution >= 0.6 is 0 Å². The molecular formula is C33H58O5Si. The van der Waals surface area contributed by atoms with Crippen molar-refractivity contribution < 1.29 is 23.4 Å². The highest BCUT2D eigenvalue weighted by atomic mass is 28.4. The molecule has 0 aromatic heterocycles. The summed E-state index contributed by atoms with van der Waals surface area (Å²) in [7, 11) is -1.91. The minimum absolute atomic E-state index is 0.0362. The van der Waals surface area contributed by atoms with Crippen molar-refractivity contribution in [2.75, 3.05) is 19.8 Å². The Morgan fingerprint density at radius 3 is 2.26 bits per heavy atom. The number of terminal acetylenes is 1. The Bertz CT molecular complexity index is 742. The van der Waals surface area contributed by atoms with Gasteiger partial charge in [0.2, 0.25) is 0 Å². The lowest BCUT2D eigenvalue weighted by Gasteiger charge is -2.40. The van der Waals surface area contributed by atoms with Crippen molar-refractivity contribution in [3.63, 3.8) is 0 Å². The van der Waals surface area contributed by atoms with Crippen molar-refractivity contribution in [1.82, 2.24) is 0 Å². The molecule has 0 radical (unpaired) electrons. The van der Waals surface area contributed by atoms with E-state index in [1.165, 1.54) is 38.5 Å². The molecule has 3 aliphatic rings. The maximum absolute atomic E-state index is 7.04. The van der Waals surface area contributed by atoms with E-state index in [2.05, 4.69) is 51.9 Å². The maximum Gasteiger partial charge on any atom is 0.192 e.